The summed E-state index contributed by atoms with van der Waals surface area (Å²) in [5.41, 5.74) is 6.86. The summed E-state index contributed by atoms with van der Waals surface area (Å²) in [5.74, 6) is -0.0522. The maximum atomic E-state index is 12.2. The minimum Gasteiger partial charge on any atom is -0.346 e. The van der Waals surface area contributed by atoms with Gasteiger partial charge >= 0.3 is 0 Å². The molecule has 0 spiro atoms. The fourth-order valence-corrected chi connectivity index (χ4v) is 1.95. The van der Waals surface area contributed by atoms with Gasteiger partial charge in [-0.05, 0) is 25.5 Å². The molecule has 5 heteroatoms. The van der Waals surface area contributed by atoms with Gasteiger partial charge in [0.1, 0.15) is 0 Å². The van der Waals surface area contributed by atoms with E-state index in [0.717, 1.165) is 11.3 Å². The first-order chi connectivity index (χ1) is 9.59. The molecule has 5 nitrogen and oxygen atoms in total. The predicted molar refractivity (Wildman–Crippen MR) is 77.2 cm³/mol. The lowest BCUT2D eigenvalue weighted by molar-refractivity contribution is -0.124. The van der Waals surface area contributed by atoms with Gasteiger partial charge in [0.2, 0.25) is 5.91 Å². The lowest BCUT2D eigenvalue weighted by atomic mass is 9.86. The van der Waals surface area contributed by atoms with E-state index in [4.69, 9.17) is 15.2 Å². The van der Waals surface area contributed by atoms with E-state index in [0.29, 0.717) is 26.2 Å². The van der Waals surface area contributed by atoms with Crippen molar-refractivity contribution in [1.82, 2.24) is 0 Å². The molecule has 1 amide bonds. The van der Waals surface area contributed by atoms with Crippen LogP contribution < -0.4 is 11.1 Å². The van der Waals surface area contributed by atoms with Crippen molar-refractivity contribution in [3.63, 3.8) is 0 Å². The molecule has 0 bridgehead atoms. The molecule has 1 unspecified atom stereocenters. The Balaban J connectivity index is 2.01. The van der Waals surface area contributed by atoms with Crippen LogP contribution in [0.2, 0.25) is 0 Å². The minimum absolute atomic E-state index is 0.0522. The maximum Gasteiger partial charge on any atom is 0.231 e. The van der Waals surface area contributed by atoms with Crippen LogP contribution in [-0.2, 0) is 14.3 Å². The molecule has 0 aliphatic carbocycles. The summed E-state index contributed by atoms with van der Waals surface area (Å²) < 4.78 is 10.8. The third-order valence-corrected chi connectivity index (χ3v) is 3.84. The SMILES string of the molecule is CCC(C)(CN)C(=O)Nc1ccc(C2OCCO2)cc1. The molecule has 1 aliphatic rings. The summed E-state index contributed by atoms with van der Waals surface area (Å²) in [5, 5.41) is 2.90. The van der Waals surface area contributed by atoms with Crippen molar-refractivity contribution in [1.29, 1.82) is 0 Å². The van der Waals surface area contributed by atoms with Gasteiger partial charge in [0, 0.05) is 17.8 Å². The zero-order chi connectivity index (χ0) is 14.6. The Hall–Kier alpha value is -1.43. The fraction of sp³-hybridized carbons (Fsp3) is 0.533. The largest absolute Gasteiger partial charge is 0.346 e. The van der Waals surface area contributed by atoms with Gasteiger partial charge in [-0.15, -0.1) is 0 Å². The Morgan fingerprint density at radius 1 is 1.35 bits per heavy atom. The average molecular weight is 278 g/mol. The molecule has 1 aromatic rings. The summed E-state index contributed by atoms with van der Waals surface area (Å²) in [6.07, 6.45) is 0.418. The number of nitrogens with two attached hydrogens (primary N) is 1. The van der Waals surface area contributed by atoms with E-state index in [-0.39, 0.29) is 12.2 Å². The molecular weight excluding hydrogens is 256 g/mol. The van der Waals surface area contributed by atoms with E-state index < -0.39 is 5.41 Å². The molecule has 0 aromatic heterocycles. The second-order valence-corrected chi connectivity index (χ2v) is 5.27. The Bertz CT molecular complexity index is 449. The zero-order valence-electron chi connectivity index (χ0n) is 12.0. The molecule has 2 rings (SSSR count). The summed E-state index contributed by atoms with van der Waals surface area (Å²) >= 11 is 0. The molecular formula is C15H22N2O3. The van der Waals surface area contributed by atoms with E-state index in [1.165, 1.54) is 0 Å². The van der Waals surface area contributed by atoms with Crippen LogP contribution in [0.1, 0.15) is 32.1 Å². The van der Waals surface area contributed by atoms with Crippen LogP contribution in [0.25, 0.3) is 0 Å². The number of ether oxygens (including phenoxy) is 2. The highest BCUT2D eigenvalue weighted by Crippen LogP contribution is 2.26. The van der Waals surface area contributed by atoms with Crippen LogP contribution in [0.15, 0.2) is 24.3 Å². The van der Waals surface area contributed by atoms with Crippen LogP contribution in [0.5, 0.6) is 0 Å². The van der Waals surface area contributed by atoms with Gasteiger partial charge in [0.05, 0.1) is 18.6 Å². The average Bonchev–Trinajstić information content (AvgIpc) is 3.01. The molecule has 1 atom stereocenters. The topological polar surface area (TPSA) is 73.6 Å². The minimum atomic E-state index is -0.531. The summed E-state index contributed by atoms with van der Waals surface area (Å²) in [7, 11) is 0. The summed E-state index contributed by atoms with van der Waals surface area (Å²) in [6.45, 7) is 5.40. The highest BCUT2D eigenvalue weighted by molar-refractivity contribution is 5.95. The third kappa shape index (κ3) is 3.17. The van der Waals surface area contributed by atoms with Crippen LogP contribution in [0.4, 0.5) is 5.69 Å². The van der Waals surface area contributed by atoms with Gasteiger partial charge in [0.25, 0.3) is 0 Å². The van der Waals surface area contributed by atoms with Crippen molar-refractivity contribution in [2.75, 3.05) is 25.1 Å². The van der Waals surface area contributed by atoms with Gasteiger partial charge in [-0.1, -0.05) is 19.1 Å². The third-order valence-electron chi connectivity index (χ3n) is 3.84. The van der Waals surface area contributed by atoms with E-state index in [1.807, 2.05) is 38.1 Å². The van der Waals surface area contributed by atoms with Crippen molar-refractivity contribution in [2.24, 2.45) is 11.1 Å². The fourth-order valence-electron chi connectivity index (χ4n) is 1.95. The van der Waals surface area contributed by atoms with Gasteiger partial charge < -0.3 is 20.5 Å². The lowest BCUT2D eigenvalue weighted by Crippen LogP contribution is -2.39. The smallest absolute Gasteiger partial charge is 0.231 e. The van der Waals surface area contributed by atoms with Crippen LogP contribution in [0, 0.1) is 5.41 Å². The van der Waals surface area contributed by atoms with Crippen LogP contribution in [-0.4, -0.2) is 25.7 Å². The van der Waals surface area contributed by atoms with Crippen molar-refractivity contribution < 1.29 is 14.3 Å². The second kappa shape index (κ2) is 6.35. The number of amides is 1. The second-order valence-electron chi connectivity index (χ2n) is 5.27. The molecule has 1 aromatic carbocycles. The van der Waals surface area contributed by atoms with E-state index >= 15 is 0 Å². The number of carbonyl (C=O) groups excluding carboxylic acids is 1. The van der Waals surface area contributed by atoms with Crippen LogP contribution in [0.3, 0.4) is 0 Å². The van der Waals surface area contributed by atoms with Crippen molar-refractivity contribution in [3.8, 4) is 0 Å². The van der Waals surface area contributed by atoms with Gasteiger partial charge in [-0.2, -0.15) is 0 Å². The maximum absolute atomic E-state index is 12.2. The molecule has 0 radical (unpaired) electrons. The first-order valence-electron chi connectivity index (χ1n) is 6.94. The lowest BCUT2D eigenvalue weighted by Gasteiger charge is -2.25. The number of hydrogen-bond donors (Lipinski definition) is 2. The molecule has 1 heterocycles. The Labute approximate surface area is 119 Å². The highest BCUT2D eigenvalue weighted by atomic mass is 16.7. The van der Waals surface area contributed by atoms with Gasteiger partial charge in [-0.25, -0.2) is 0 Å². The summed E-state index contributed by atoms with van der Waals surface area (Å²) in [4.78, 5) is 12.2. The molecule has 1 aliphatic heterocycles. The zero-order valence-corrected chi connectivity index (χ0v) is 12.0. The quantitative estimate of drug-likeness (QED) is 0.864. The first kappa shape index (κ1) is 15.0. The molecule has 3 N–H and O–H groups in total. The normalized spacial score (nSPS) is 18.8. The number of carbonyl (C=O) groups is 1. The van der Waals surface area contributed by atoms with Gasteiger partial charge in [0.15, 0.2) is 6.29 Å². The van der Waals surface area contributed by atoms with E-state index in [1.54, 1.807) is 0 Å². The number of nitrogens with one attached hydrogen (secondary N) is 1. The molecule has 20 heavy (non-hydrogen) atoms. The van der Waals surface area contributed by atoms with E-state index in [2.05, 4.69) is 5.32 Å². The van der Waals surface area contributed by atoms with Crippen molar-refractivity contribution >= 4 is 11.6 Å². The molecule has 1 fully saturated rings. The van der Waals surface area contributed by atoms with Crippen molar-refractivity contribution in [2.45, 2.75) is 26.6 Å². The standard InChI is InChI=1S/C15H22N2O3/c1-3-15(2,10-16)14(18)17-12-6-4-11(5-7-12)13-19-8-9-20-13/h4-7,13H,3,8-10,16H2,1-2H3,(H,17,18). The summed E-state index contributed by atoms with van der Waals surface area (Å²) in [6, 6.07) is 7.50. The van der Waals surface area contributed by atoms with Gasteiger partial charge in [-0.3, -0.25) is 4.79 Å². The Morgan fingerprint density at radius 2 is 1.95 bits per heavy atom. The van der Waals surface area contributed by atoms with E-state index in [9.17, 15) is 4.79 Å². The number of rotatable bonds is 5. The Morgan fingerprint density at radius 3 is 2.45 bits per heavy atom. The van der Waals surface area contributed by atoms with Crippen molar-refractivity contribution in [3.05, 3.63) is 29.8 Å². The molecule has 0 saturated carbocycles. The predicted octanol–water partition coefficient (Wildman–Crippen LogP) is 2.05. The first-order valence-corrected chi connectivity index (χ1v) is 6.94. The highest BCUT2D eigenvalue weighted by Gasteiger charge is 2.29. The number of anilines is 1. The Kier molecular flexibility index (Phi) is 4.75. The number of benzene rings is 1. The molecule has 110 valence electrons. The monoisotopic (exact) mass is 278 g/mol. The molecule has 1 saturated heterocycles. The number of hydrogen-bond acceptors (Lipinski definition) is 4. The van der Waals surface area contributed by atoms with Crippen LogP contribution >= 0.6 is 0 Å².